The maximum Gasteiger partial charge on any atom is 0.337 e. The number of carboxylic acid groups (broad SMARTS) is 1. The van der Waals surface area contributed by atoms with E-state index in [2.05, 4.69) is 4.98 Å². The summed E-state index contributed by atoms with van der Waals surface area (Å²) in [5.41, 5.74) is 3.61. The quantitative estimate of drug-likeness (QED) is 0.762. The van der Waals surface area contributed by atoms with Crippen LogP contribution in [0.4, 0.5) is 0 Å². The van der Waals surface area contributed by atoms with Gasteiger partial charge in [-0.25, -0.2) is 4.79 Å². The molecule has 0 bridgehead atoms. The topological polar surface area (TPSA) is 70.2 Å². The van der Waals surface area contributed by atoms with Crippen molar-refractivity contribution in [1.82, 2.24) is 4.98 Å². The van der Waals surface area contributed by atoms with Crippen molar-refractivity contribution in [2.24, 2.45) is 0 Å². The molecule has 122 valence electrons. The molecule has 3 rings (SSSR count). The summed E-state index contributed by atoms with van der Waals surface area (Å²) in [5.74, 6) is -1.04. The lowest BCUT2D eigenvalue weighted by molar-refractivity contribution is 0.0699. The Hall–Kier alpha value is -2.88. The minimum atomic E-state index is -1.04. The predicted molar refractivity (Wildman–Crippen MR) is 95.7 cm³/mol. The van der Waals surface area contributed by atoms with Gasteiger partial charge in [-0.1, -0.05) is 44.2 Å². The van der Waals surface area contributed by atoms with Crippen molar-refractivity contribution in [3.8, 4) is 11.1 Å². The van der Waals surface area contributed by atoms with Gasteiger partial charge >= 0.3 is 5.97 Å². The predicted octanol–water partition coefficient (Wildman–Crippen LogP) is 4.02. The van der Waals surface area contributed by atoms with Crippen molar-refractivity contribution < 1.29 is 9.90 Å². The summed E-state index contributed by atoms with van der Waals surface area (Å²) in [6.45, 7) is 3.89. The molecular formula is C20H19NO3. The average molecular weight is 321 g/mol. The molecule has 0 aliphatic heterocycles. The van der Waals surface area contributed by atoms with Gasteiger partial charge in [-0.3, -0.25) is 4.79 Å². The Balaban J connectivity index is 2.43. The number of aryl methyl sites for hydroxylation is 1. The fraction of sp³-hybridized carbons (Fsp3) is 0.200. The Morgan fingerprint density at radius 1 is 1.04 bits per heavy atom. The fourth-order valence-electron chi connectivity index (χ4n) is 3.12. The summed E-state index contributed by atoms with van der Waals surface area (Å²) in [7, 11) is 0. The first kappa shape index (κ1) is 16.0. The molecule has 0 aliphatic rings. The van der Waals surface area contributed by atoms with Crippen LogP contribution in [0.1, 0.15) is 35.5 Å². The molecule has 4 heteroatoms. The Kier molecular flexibility index (Phi) is 4.21. The summed E-state index contributed by atoms with van der Waals surface area (Å²) in [6, 6.07) is 12.9. The maximum atomic E-state index is 12.9. The number of H-pyrrole nitrogens is 1. The van der Waals surface area contributed by atoms with Crippen molar-refractivity contribution in [1.29, 1.82) is 0 Å². The van der Waals surface area contributed by atoms with E-state index in [1.165, 1.54) is 0 Å². The highest BCUT2D eigenvalue weighted by Crippen LogP contribution is 2.26. The van der Waals surface area contributed by atoms with Gasteiger partial charge in [-0.15, -0.1) is 0 Å². The second kappa shape index (κ2) is 6.32. The van der Waals surface area contributed by atoms with Crippen LogP contribution in [0.15, 0.2) is 47.3 Å². The van der Waals surface area contributed by atoms with Crippen LogP contribution < -0.4 is 5.43 Å². The molecule has 0 fully saturated rings. The highest BCUT2D eigenvalue weighted by atomic mass is 16.4. The molecule has 0 aliphatic carbocycles. The number of aromatic amines is 1. The van der Waals surface area contributed by atoms with Crippen LogP contribution in [0.3, 0.4) is 0 Å². The van der Waals surface area contributed by atoms with Crippen molar-refractivity contribution in [3.63, 3.8) is 0 Å². The number of carbonyl (C=O) groups is 1. The number of nitrogens with one attached hydrogen (secondary N) is 1. The second-order valence-corrected chi connectivity index (χ2v) is 5.74. The van der Waals surface area contributed by atoms with Gasteiger partial charge in [-0.05, 0) is 36.1 Å². The number of pyridine rings is 1. The zero-order chi connectivity index (χ0) is 17.3. The Bertz CT molecular complexity index is 972. The lowest BCUT2D eigenvalue weighted by Gasteiger charge is -2.12. The summed E-state index contributed by atoms with van der Waals surface area (Å²) < 4.78 is 0. The molecule has 0 amide bonds. The summed E-state index contributed by atoms with van der Waals surface area (Å²) in [5, 5.41) is 10.0. The van der Waals surface area contributed by atoms with Gasteiger partial charge in [0.05, 0.1) is 11.1 Å². The van der Waals surface area contributed by atoms with E-state index in [0.29, 0.717) is 23.7 Å². The number of rotatable bonds is 4. The van der Waals surface area contributed by atoms with E-state index in [1.54, 1.807) is 12.1 Å². The Labute approximate surface area is 139 Å². The standard InChI is InChI=1S/C20H19NO3/c1-3-14-17(4-2)21-18-15(19(14)22)10-13(11-16(18)20(23)24)12-8-6-5-7-9-12/h5-11H,3-4H2,1-2H3,(H,21,22)(H,23,24). The number of hydrogen-bond donors (Lipinski definition) is 2. The van der Waals surface area contributed by atoms with Gasteiger partial charge in [0.15, 0.2) is 5.43 Å². The van der Waals surface area contributed by atoms with Crippen molar-refractivity contribution >= 4 is 16.9 Å². The number of aromatic nitrogens is 1. The van der Waals surface area contributed by atoms with Gasteiger partial charge in [0.25, 0.3) is 0 Å². The summed E-state index contributed by atoms with van der Waals surface area (Å²) in [4.78, 5) is 27.8. The molecule has 0 radical (unpaired) electrons. The Morgan fingerprint density at radius 3 is 2.33 bits per heavy atom. The van der Waals surface area contributed by atoms with E-state index < -0.39 is 5.97 Å². The number of aromatic carboxylic acids is 1. The largest absolute Gasteiger partial charge is 0.478 e. The normalized spacial score (nSPS) is 10.9. The molecule has 2 N–H and O–H groups in total. The SMILES string of the molecule is CCc1[nH]c2c(C(=O)O)cc(-c3ccccc3)cc2c(=O)c1CC. The third kappa shape index (κ3) is 2.60. The molecule has 0 spiro atoms. The molecule has 0 atom stereocenters. The van der Waals surface area contributed by atoms with Crippen LogP contribution in [0, 0.1) is 0 Å². The fourth-order valence-corrected chi connectivity index (χ4v) is 3.12. The van der Waals surface area contributed by atoms with Gasteiger partial charge in [0, 0.05) is 16.6 Å². The van der Waals surface area contributed by atoms with E-state index >= 15 is 0 Å². The number of carboxylic acids is 1. The first-order valence-corrected chi connectivity index (χ1v) is 8.07. The number of hydrogen-bond acceptors (Lipinski definition) is 2. The smallest absolute Gasteiger partial charge is 0.337 e. The molecule has 2 aromatic carbocycles. The average Bonchev–Trinajstić information content (AvgIpc) is 2.61. The van der Waals surface area contributed by atoms with Crippen molar-refractivity contribution in [2.75, 3.05) is 0 Å². The highest BCUT2D eigenvalue weighted by Gasteiger charge is 2.17. The molecule has 0 saturated heterocycles. The number of benzene rings is 2. The molecule has 3 aromatic rings. The molecule has 1 heterocycles. The lowest BCUT2D eigenvalue weighted by Crippen LogP contribution is -2.16. The van der Waals surface area contributed by atoms with Crippen LogP contribution >= 0.6 is 0 Å². The molecule has 1 aromatic heterocycles. The lowest BCUT2D eigenvalue weighted by atomic mass is 9.96. The van der Waals surface area contributed by atoms with E-state index in [-0.39, 0.29) is 11.0 Å². The first-order chi connectivity index (χ1) is 11.6. The van der Waals surface area contributed by atoms with Gasteiger partial charge in [0.2, 0.25) is 0 Å². The summed E-state index contributed by atoms with van der Waals surface area (Å²) >= 11 is 0. The Morgan fingerprint density at radius 2 is 1.75 bits per heavy atom. The molecule has 0 saturated carbocycles. The monoisotopic (exact) mass is 321 g/mol. The van der Waals surface area contributed by atoms with E-state index in [4.69, 9.17) is 0 Å². The van der Waals surface area contributed by atoms with Crippen molar-refractivity contribution in [3.05, 3.63) is 69.5 Å². The minimum Gasteiger partial charge on any atom is -0.478 e. The molecule has 0 unspecified atom stereocenters. The molecule has 24 heavy (non-hydrogen) atoms. The number of fused-ring (bicyclic) bond motifs is 1. The maximum absolute atomic E-state index is 12.9. The minimum absolute atomic E-state index is 0.0802. The van der Waals surface area contributed by atoms with E-state index in [9.17, 15) is 14.7 Å². The molecular weight excluding hydrogens is 302 g/mol. The van der Waals surface area contributed by atoms with Crippen LogP contribution in [-0.2, 0) is 12.8 Å². The van der Waals surface area contributed by atoms with Gasteiger partial charge in [0.1, 0.15) is 0 Å². The van der Waals surface area contributed by atoms with Crippen LogP contribution in [-0.4, -0.2) is 16.1 Å². The second-order valence-electron chi connectivity index (χ2n) is 5.74. The van der Waals surface area contributed by atoms with Gasteiger partial charge < -0.3 is 10.1 Å². The van der Waals surface area contributed by atoms with Crippen LogP contribution in [0.2, 0.25) is 0 Å². The zero-order valence-electron chi connectivity index (χ0n) is 13.7. The highest BCUT2D eigenvalue weighted by molar-refractivity contribution is 6.04. The van der Waals surface area contributed by atoms with Gasteiger partial charge in [-0.2, -0.15) is 0 Å². The summed E-state index contributed by atoms with van der Waals surface area (Å²) in [6.07, 6.45) is 1.28. The van der Waals surface area contributed by atoms with Crippen molar-refractivity contribution in [2.45, 2.75) is 26.7 Å². The first-order valence-electron chi connectivity index (χ1n) is 8.07. The van der Waals surface area contributed by atoms with E-state index in [0.717, 1.165) is 22.4 Å². The zero-order valence-corrected chi connectivity index (χ0v) is 13.7. The van der Waals surface area contributed by atoms with Crippen LogP contribution in [0.5, 0.6) is 0 Å². The molecule has 4 nitrogen and oxygen atoms in total. The third-order valence-corrected chi connectivity index (χ3v) is 4.34. The van der Waals surface area contributed by atoms with E-state index in [1.807, 2.05) is 44.2 Å². The third-order valence-electron chi connectivity index (χ3n) is 4.34. The van der Waals surface area contributed by atoms with Crippen LogP contribution in [0.25, 0.3) is 22.0 Å².